The van der Waals surface area contributed by atoms with E-state index in [1.54, 1.807) is 29.2 Å². The lowest BCUT2D eigenvalue weighted by molar-refractivity contribution is 0.419. The molecule has 0 unspecified atom stereocenters. The van der Waals surface area contributed by atoms with Gasteiger partial charge in [-0.05, 0) is 32.0 Å². The number of hydrogen-bond acceptors (Lipinski definition) is 7. The van der Waals surface area contributed by atoms with Gasteiger partial charge in [0.15, 0.2) is 5.13 Å². The fourth-order valence-corrected chi connectivity index (χ4v) is 4.33. The van der Waals surface area contributed by atoms with Crippen LogP contribution in [0.25, 0.3) is 10.2 Å². The molecule has 0 atom stereocenters. The summed E-state index contributed by atoms with van der Waals surface area (Å²) in [6.45, 7) is 7.36. The van der Waals surface area contributed by atoms with Gasteiger partial charge in [0, 0.05) is 32.2 Å². The lowest BCUT2D eigenvalue weighted by atomic mass is 10.3. The summed E-state index contributed by atoms with van der Waals surface area (Å²) in [5.41, 5.74) is 0.865. The molecule has 1 saturated heterocycles. The number of anilines is 2. The maximum absolute atomic E-state index is 11.9. The molecule has 142 valence electrons. The van der Waals surface area contributed by atoms with Gasteiger partial charge >= 0.3 is 0 Å². The number of para-hydroxylation sites is 1. The predicted octanol–water partition coefficient (Wildman–Crippen LogP) is 2.77. The van der Waals surface area contributed by atoms with Gasteiger partial charge in [-0.15, -0.1) is 0 Å². The molecule has 0 radical (unpaired) electrons. The molecule has 0 spiro atoms. The number of aromatic nitrogens is 3. The number of ether oxygens (including phenoxy) is 1. The summed E-state index contributed by atoms with van der Waals surface area (Å²) in [5, 5.41) is 5.56. The number of methoxy groups -OCH3 is 1. The molecule has 1 aromatic carbocycles. The Labute approximate surface area is 161 Å². The van der Waals surface area contributed by atoms with Gasteiger partial charge in [0.25, 0.3) is 5.56 Å². The summed E-state index contributed by atoms with van der Waals surface area (Å²) >= 11 is 1.69. The van der Waals surface area contributed by atoms with Crippen molar-refractivity contribution in [3.8, 4) is 5.75 Å². The zero-order chi connectivity index (χ0) is 19.0. The van der Waals surface area contributed by atoms with Crippen LogP contribution < -0.4 is 20.1 Å². The minimum absolute atomic E-state index is 0.0523. The Morgan fingerprint density at radius 2 is 1.81 bits per heavy atom. The summed E-state index contributed by atoms with van der Waals surface area (Å²) in [6, 6.07) is 9.49. The second kappa shape index (κ2) is 7.19. The van der Waals surface area contributed by atoms with Gasteiger partial charge in [0.05, 0.1) is 17.9 Å². The van der Waals surface area contributed by atoms with Crippen molar-refractivity contribution in [3.63, 3.8) is 0 Å². The Morgan fingerprint density at radius 3 is 2.52 bits per heavy atom. The van der Waals surface area contributed by atoms with E-state index in [-0.39, 0.29) is 11.6 Å². The van der Waals surface area contributed by atoms with Crippen LogP contribution in [-0.2, 0) is 0 Å². The van der Waals surface area contributed by atoms with E-state index in [9.17, 15) is 4.79 Å². The van der Waals surface area contributed by atoms with Crippen molar-refractivity contribution in [3.05, 3.63) is 40.7 Å². The summed E-state index contributed by atoms with van der Waals surface area (Å²) in [4.78, 5) is 21.3. The van der Waals surface area contributed by atoms with Crippen LogP contribution in [0.3, 0.4) is 0 Å². The molecule has 3 heterocycles. The molecule has 4 rings (SSSR count). The molecule has 0 amide bonds. The van der Waals surface area contributed by atoms with Gasteiger partial charge in [-0.3, -0.25) is 4.79 Å². The summed E-state index contributed by atoms with van der Waals surface area (Å²) in [7, 11) is 1.68. The maximum Gasteiger partial charge on any atom is 0.267 e. The molecule has 0 saturated carbocycles. The highest BCUT2D eigenvalue weighted by molar-refractivity contribution is 7.22. The minimum atomic E-state index is -0.0594. The number of benzene rings is 1. The fraction of sp³-hybridized carbons (Fsp3) is 0.421. The number of piperazine rings is 1. The van der Waals surface area contributed by atoms with Crippen molar-refractivity contribution in [1.29, 1.82) is 0 Å². The average Bonchev–Trinajstić information content (AvgIpc) is 3.12. The highest BCUT2D eigenvalue weighted by Gasteiger charge is 2.22. The molecule has 0 aliphatic carbocycles. The third kappa shape index (κ3) is 3.37. The molecule has 2 aromatic heterocycles. The summed E-state index contributed by atoms with van der Waals surface area (Å²) in [6.07, 6.45) is 0. The van der Waals surface area contributed by atoms with Crippen molar-refractivity contribution in [2.24, 2.45) is 0 Å². The van der Waals surface area contributed by atoms with Crippen molar-refractivity contribution >= 4 is 32.5 Å². The zero-order valence-electron chi connectivity index (χ0n) is 15.8. The molecule has 1 aliphatic rings. The normalized spacial score (nSPS) is 15.0. The van der Waals surface area contributed by atoms with Gasteiger partial charge < -0.3 is 14.5 Å². The van der Waals surface area contributed by atoms with Crippen LogP contribution >= 0.6 is 11.3 Å². The van der Waals surface area contributed by atoms with Crippen LogP contribution in [-0.4, -0.2) is 48.1 Å². The zero-order valence-corrected chi connectivity index (χ0v) is 16.6. The average molecular weight is 385 g/mol. The topological polar surface area (TPSA) is 63.5 Å². The van der Waals surface area contributed by atoms with E-state index in [0.29, 0.717) is 0 Å². The van der Waals surface area contributed by atoms with E-state index < -0.39 is 0 Å². The van der Waals surface area contributed by atoms with Crippen LogP contribution in [0.5, 0.6) is 5.75 Å². The molecule has 3 aromatic rings. The van der Waals surface area contributed by atoms with Crippen LogP contribution in [0.15, 0.2) is 35.1 Å². The van der Waals surface area contributed by atoms with Crippen molar-refractivity contribution in [1.82, 2.24) is 14.8 Å². The van der Waals surface area contributed by atoms with E-state index in [2.05, 4.69) is 21.0 Å². The molecule has 0 bridgehead atoms. The fourth-order valence-electron chi connectivity index (χ4n) is 3.29. The third-order valence-corrected chi connectivity index (χ3v) is 5.85. The lowest BCUT2D eigenvalue weighted by Crippen LogP contribution is -2.47. The monoisotopic (exact) mass is 385 g/mol. The van der Waals surface area contributed by atoms with E-state index >= 15 is 0 Å². The van der Waals surface area contributed by atoms with Crippen LogP contribution in [0, 0.1) is 0 Å². The Bertz CT molecular complexity index is 1000. The Balaban J connectivity index is 1.51. The Morgan fingerprint density at radius 1 is 1.07 bits per heavy atom. The highest BCUT2D eigenvalue weighted by Crippen LogP contribution is 2.34. The highest BCUT2D eigenvalue weighted by atomic mass is 32.1. The number of nitrogens with zero attached hydrogens (tertiary/aromatic N) is 5. The van der Waals surface area contributed by atoms with E-state index in [0.717, 1.165) is 53.1 Å². The van der Waals surface area contributed by atoms with E-state index in [1.165, 1.54) is 0 Å². The largest absolute Gasteiger partial charge is 0.494 e. The molecule has 27 heavy (non-hydrogen) atoms. The first-order chi connectivity index (χ1) is 13.1. The van der Waals surface area contributed by atoms with Gasteiger partial charge in [-0.25, -0.2) is 9.67 Å². The second-order valence-electron chi connectivity index (χ2n) is 6.85. The van der Waals surface area contributed by atoms with E-state index in [1.807, 2.05) is 32.0 Å². The minimum Gasteiger partial charge on any atom is -0.494 e. The first-order valence-corrected chi connectivity index (χ1v) is 9.92. The molecular formula is C19H23N5O2S. The Kier molecular flexibility index (Phi) is 4.73. The number of fused-ring (bicyclic) bond motifs is 1. The summed E-state index contributed by atoms with van der Waals surface area (Å²) < 4.78 is 8.10. The van der Waals surface area contributed by atoms with Crippen molar-refractivity contribution in [2.45, 2.75) is 19.9 Å². The van der Waals surface area contributed by atoms with Gasteiger partial charge in [0.1, 0.15) is 17.1 Å². The van der Waals surface area contributed by atoms with E-state index in [4.69, 9.17) is 9.72 Å². The standard InChI is InChI=1S/C19H23N5O2S/c1-13(2)24-17(25)8-7-16(21-24)22-9-11-23(12-10-22)19-20-18-14(26-3)5-4-6-15(18)27-19/h4-8,13H,9-12H2,1-3H3. The molecule has 7 nitrogen and oxygen atoms in total. The lowest BCUT2D eigenvalue weighted by Gasteiger charge is -2.35. The maximum atomic E-state index is 11.9. The quantitative estimate of drug-likeness (QED) is 0.688. The first kappa shape index (κ1) is 17.8. The number of thiazole rings is 1. The van der Waals surface area contributed by atoms with Crippen LogP contribution in [0.4, 0.5) is 10.9 Å². The van der Waals surface area contributed by atoms with Gasteiger partial charge in [-0.2, -0.15) is 5.10 Å². The molecule has 0 N–H and O–H groups in total. The third-order valence-electron chi connectivity index (χ3n) is 4.76. The predicted molar refractivity (Wildman–Crippen MR) is 109 cm³/mol. The summed E-state index contributed by atoms with van der Waals surface area (Å²) in [5.74, 6) is 1.67. The Hall–Kier alpha value is -2.61. The first-order valence-electron chi connectivity index (χ1n) is 9.10. The van der Waals surface area contributed by atoms with Gasteiger partial charge in [0.2, 0.25) is 0 Å². The SMILES string of the molecule is COc1cccc2sc(N3CCN(c4ccc(=O)n(C(C)C)n4)CC3)nc12. The second-order valence-corrected chi connectivity index (χ2v) is 7.85. The van der Waals surface area contributed by atoms with Gasteiger partial charge in [-0.1, -0.05) is 17.4 Å². The molecular weight excluding hydrogens is 362 g/mol. The van der Waals surface area contributed by atoms with Crippen molar-refractivity contribution < 1.29 is 4.74 Å². The smallest absolute Gasteiger partial charge is 0.267 e. The molecule has 8 heteroatoms. The van der Waals surface area contributed by atoms with Crippen LogP contribution in [0.2, 0.25) is 0 Å². The number of rotatable bonds is 4. The molecule has 1 aliphatic heterocycles. The van der Waals surface area contributed by atoms with Crippen molar-refractivity contribution in [2.75, 3.05) is 43.1 Å². The molecule has 1 fully saturated rings. The number of hydrogen-bond donors (Lipinski definition) is 0. The van der Waals surface area contributed by atoms with Crippen LogP contribution in [0.1, 0.15) is 19.9 Å².